The van der Waals surface area contributed by atoms with Gasteiger partial charge in [-0.3, -0.25) is 18.6 Å². The molecule has 0 aromatic rings. The molecule has 0 heterocycles. The zero-order valence-corrected chi connectivity index (χ0v) is 48.4. The van der Waals surface area contributed by atoms with Crippen molar-refractivity contribution in [1.29, 1.82) is 0 Å². The molecule has 0 aliphatic heterocycles. The molecule has 0 fully saturated rings. The second-order valence-corrected chi connectivity index (χ2v) is 23.0. The van der Waals surface area contributed by atoms with E-state index in [0.29, 0.717) is 23.9 Å². The molecular weight excluding hydrogens is 904 g/mol. The van der Waals surface area contributed by atoms with Crippen molar-refractivity contribution in [2.45, 2.75) is 290 Å². The lowest BCUT2D eigenvalue weighted by atomic mass is 10.0. The standard InChI is InChI=1S/C61H115N2O7P/c1-7-10-13-16-19-22-25-28-30-31-32-33-34-35-38-41-44-47-50-53-60(64)62-58(57-69-71(66,67)68-56-55-63(4,5)6)59(52-49-46-43-40-37-27-24-21-18-15-12-9-3)70-61(65)54-51-48-45-42-39-36-29-26-23-20-17-14-11-8-2/h11,14,20,23,29,36,49,52,58-59H,7-10,12-13,15-19,21-22,24-28,30-35,37-48,50-51,53-57H2,1-6H3,(H-,62,64,66,67)/p+1/b14-11+,23-20+,36-29+,52-49+. The Morgan fingerprint density at radius 1 is 0.507 bits per heavy atom. The number of amides is 1. The summed E-state index contributed by atoms with van der Waals surface area (Å²) in [7, 11) is 1.49. The molecular formula is C61H116N2O7P+. The number of carbonyl (C=O) groups excluding carboxylic acids is 2. The predicted molar refractivity (Wildman–Crippen MR) is 305 cm³/mol. The smallest absolute Gasteiger partial charge is 0.456 e. The van der Waals surface area contributed by atoms with E-state index in [1.165, 1.54) is 154 Å². The zero-order chi connectivity index (χ0) is 52.2. The van der Waals surface area contributed by atoms with E-state index in [-0.39, 0.29) is 31.5 Å². The lowest BCUT2D eigenvalue weighted by Crippen LogP contribution is -2.47. The molecule has 416 valence electrons. The van der Waals surface area contributed by atoms with Gasteiger partial charge in [0.2, 0.25) is 5.91 Å². The molecule has 10 heteroatoms. The molecule has 0 rings (SSSR count). The summed E-state index contributed by atoms with van der Waals surface area (Å²) in [5.74, 6) is -0.522. The highest BCUT2D eigenvalue weighted by Crippen LogP contribution is 2.43. The van der Waals surface area contributed by atoms with Gasteiger partial charge in [-0.15, -0.1) is 0 Å². The Morgan fingerprint density at radius 2 is 0.901 bits per heavy atom. The van der Waals surface area contributed by atoms with Crippen LogP contribution in [0.3, 0.4) is 0 Å². The topological polar surface area (TPSA) is 111 Å². The highest BCUT2D eigenvalue weighted by molar-refractivity contribution is 7.47. The molecule has 0 aliphatic rings. The number of hydrogen-bond acceptors (Lipinski definition) is 6. The first-order valence-electron chi connectivity index (χ1n) is 30.0. The Bertz CT molecular complexity index is 1360. The Morgan fingerprint density at radius 3 is 1.35 bits per heavy atom. The third-order valence-electron chi connectivity index (χ3n) is 13.3. The number of hydrogen-bond donors (Lipinski definition) is 2. The van der Waals surface area contributed by atoms with Gasteiger partial charge in [0, 0.05) is 12.8 Å². The minimum atomic E-state index is -4.45. The first kappa shape index (κ1) is 69.0. The average Bonchev–Trinajstić information content (AvgIpc) is 3.33. The number of likely N-dealkylation sites (N-methyl/N-ethyl adjacent to an activating group) is 1. The monoisotopic (exact) mass is 1020 g/mol. The fourth-order valence-electron chi connectivity index (χ4n) is 8.66. The van der Waals surface area contributed by atoms with Crippen molar-refractivity contribution in [2.75, 3.05) is 40.9 Å². The number of quaternary nitrogens is 1. The number of phosphoric ester groups is 1. The molecule has 0 bridgehead atoms. The first-order valence-corrected chi connectivity index (χ1v) is 31.5. The quantitative estimate of drug-likeness (QED) is 0.0205. The van der Waals surface area contributed by atoms with Crippen LogP contribution in [0.2, 0.25) is 0 Å². The average molecular weight is 1020 g/mol. The molecule has 2 N–H and O–H groups in total. The van der Waals surface area contributed by atoms with E-state index in [0.717, 1.165) is 83.5 Å². The summed E-state index contributed by atoms with van der Waals surface area (Å²) >= 11 is 0. The maximum Gasteiger partial charge on any atom is 0.472 e. The van der Waals surface area contributed by atoms with Crippen molar-refractivity contribution in [1.82, 2.24) is 5.32 Å². The SMILES string of the molecule is CC/C=C/C/C=C/C/C=C/CCCCCCC(=O)OC(/C=C/CCCCCCCCCCCC)C(COP(=O)(O)OCC[N+](C)(C)C)NC(=O)CCCCCCCCCCCCCCCCCCCCC. The zero-order valence-electron chi connectivity index (χ0n) is 47.5. The van der Waals surface area contributed by atoms with Gasteiger partial charge in [0.05, 0.1) is 33.8 Å². The van der Waals surface area contributed by atoms with Gasteiger partial charge in [-0.1, -0.05) is 250 Å². The van der Waals surface area contributed by atoms with E-state index < -0.39 is 20.0 Å². The maximum absolute atomic E-state index is 13.5. The molecule has 0 aromatic heterocycles. The second-order valence-electron chi connectivity index (χ2n) is 21.5. The van der Waals surface area contributed by atoms with E-state index in [1.54, 1.807) is 0 Å². The van der Waals surface area contributed by atoms with Crippen LogP contribution < -0.4 is 5.32 Å². The van der Waals surface area contributed by atoms with Crippen LogP contribution in [0.25, 0.3) is 0 Å². The third-order valence-corrected chi connectivity index (χ3v) is 14.3. The summed E-state index contributed by atoms with van der Waals surface area (Å²) < 4.78 is 30.6. The van der Waals surface area contributed by atoms with Crippen molar-refractivity contribution >= 4 is 19.7 Å². The number of esters is 1. The molecule has 0 aromatic carbocycles. The largest absolute Gasteiger partial charge is 0.472 e. The van der Waals surface area contributed by atoms with Crippen molar-refractivity contribution < 1.29 is 37.3 Å². The summed E-state index contributed by atoms with van der Waals surface area (Å²) in [6, 6.07) is -0.854. The molecule has 1 amide bonds. The summed E-state index contributed by atoms with van der Waals surface area (Å²) in [5.41, 5.74) is 0. The highest BCUT2D eigenvalue weighted by Gasteiger charge is 2.30. The van der Waals surface area contributed by atoms with Crippen LogP contribution in [-0.2, 0) is 27.9 Å². The Kier molecular flexibility index (Phi) is 50.0. The van der Waals surface area contributed by atoms with Gasteiger partial charge >= 0.3 is 13.8 Å². The third kappa shape index (κ3) is 52.6. The van der Waals surface area contributed by atoms with Crippen LogP contribution in [0.5, 0.6) is 0 Å². The van der Waals surface area contributed by atoms with Crippen molar-refractivity contribution in [3.8, 4) is 0 Å². The number of phosphoric acid groups is 1. The summed E-state index contributed by atoms with van der Waals surface area (Å²) in [5, 5.41) is 3.05. The molecule has 0 radical (unpaired) electrons. The van der Waals surface area contributed by atoms with Crippen LogP contribution in [0, 0.1) is 0 Å². The molecule has 0 saturated heterocycles. The van der Waals surface area contributed by atoms with E-state index in [9.17, 15) is 19.0 Å². The van der Waals surface area contributed by atoms with Gasteiger partial charge in [-0.05, 0) is 63.9 Å². The lowest BCUT2D eigenvalue weighted by molar-refractivity contribution is -0.870. The Hall–Kier alpha value is -2.03. The van der Waals surface area contributed by atoms with Crippen LogP contribution >= 0.6 is 7.82 Å². The van der Waals surface area contributed by atoms with Gasteiger partial charge < -0.3 is 19.4 Å². The fourth-order valence-corrected chi connectivity index (χ4v) is 9.40. The fraction of sp³-hybridized carbons (Fsp3) is 0.836. The predicted octanol–water partition coefficient (Wildman–Crippen LogP) is 18.1. The number of nitrogens with one attached hydrogen (secondary N) is 1. The Balaban J connectivity index is 5.27. The maximum atomic E-state index is 13.5. The Labute approximate surface area is 439 Å². The summed E-state index contributed by atoms with van der Waals surface area (Å²) in [4.78, 5) is 37.6. The van der Waals surface area contributed by atoms with Crippen molar-refractivity contribution in [3.05, 3.63) is 48.6 Å². The number of nitrogens with zero attached hydrogens (tertiary/aromatic N) is 1. The summed E-state index contributed by atoms with van der Waals surface area (Å²) in [6.07, 6.45) is 62.5. The van der Waals surface area contributed by atoms with Crippen LogP contribution in [0.4, 0.5) is 0 Å². The molecule has 0 aliphatic carbocycles. The van der Waals surface area contributed by atoms with Gasteiger partial charge in [-0.2, -0.15) is 0 Å². The van der Waals surface area contributed by atoms with Crippen LogP contribution in [0.15, 0.2) is 48.6 Å². The van der Waals surface area contributed by atoms with Crippen molar-refractivity contribution in [3.63, 3.8) is 0 Å². The molecule has 3 unspecified atom stereocenters. The molecule has 0 saturated carbocycles. The van der Waals surface area contributed by atoms with Gasteiger partial charge in [0.1, 0.15) is 19.3 Å². The highest BCUT2D eigenvalue weighted by atomic mass is 31.2. The van der Waals surface area contributed by atoms with Crippen molar-refractivity contribution in [2.24, 2.45) is 0 Å². The lowest BCUT2D eigenvalue weighted by Gasteiger charge is -2.27. The number of ether oxygens (including phenoxy) is 1. The number of rotatable bonds is 54. The van der Waals surface area contributed by atoms with Gasteiger partial charge in [0.15, 0.2) is 0 Å². The number of carbonyl (C=O) groups is 2. The number of unbranched alkanes of at least 4 members (excludes halogenated alkanes) is 32. The van der Waals surface area contributed by atoms with E-state index >= 15 is 0 Å². The molecule has 9 nitrogen and oxygen atoms in total. The second kappa shape index (κ2) is 51.5. The number of allylic oxidation sites excluding steroid dienone is 7. The first-order chi connectivity index (χ1) is 34.4. The van der Waals surface area contributed by atoms with E-state index in [2.05, 4.69) is 62.5 Å². The molecule has 0 spiro atoms. The summed E-state index contributed by atoms with van der Waals surface area (Å²) in [6.45, 7) is 6.90. The normalized spacial score (nSPS) is 14.1. The van der Waals surface area contributed by atoms with Crippen LogP contribution in [0.1, 0.15) is 278 Å². The minimum absolute atomic E-state index is 0.0374. The van der Waals surface area contributed by atoms with E-state index in [1.807, 2.05) is 33.3 Å². The molecule has 3 atom stereocenters. The molecule has 71 heavy (non-hydrogen) atoms. The van der Waals surface area contributed by atoms with Crippen LogP contribution in [-0.4, -0.2) is 74.3 Å². The minimum Gasteiger partial charge on any atom is -0.456 e. The van der Waals surface area contributed by atoms with E-state index in [4.69, 9.17) is 13.8 Å². The van der Waals surface area contributed by atoms with Gasteiger partial charge in [0.25, 0.3) is 0 Å². The van der Waals surface area contributed by atoms with Gasteiger partial charge in [-0.25, -0.2) is 4.57 Å².